The van der Waals surface area contributed by atoms with Gasteiger partial charge in [0.15, 0.2) is 0 Å². The highest BCUT2D eigenvalue weighted by Crippen LogP contribution is 2.17. The molecule has 2 rings (SSSR count). The Bertz CT molecular complexity index is 787. The minimum atomic E-state index is -3.79. The number of benzene rings is 1. The molecule has 0 unspecified atom stereocenters. The predicted octanol–water partition coefficient (Wildman–Crippen LogP) is 0.301. The van der Waals surface area contributed by atoms with E-state index in [-0.39, 0.29) is 23.3 Å². The highest BCUT2D eigenvalue weighted by Gasteiger charge is 2.23. The van der Waals surface area contributed by atoms with Crippen molar-refractivity contribution in [3.8, 4) is 0 Å². The zero-order valence-corrected chi connectivity index (χ0v) is 15.7. The molecule has 1 aromatic rings. The van der Waals surface area contributed by atoms with Gasteiger partial charge in [0.1, 0.15) is 0 Å². The van der Waals surface area contributed by atoms with Crippen molar-refractivity contribution in [1.29, 1.82) is 0 Å². The number of hydrogen-bond donors (Lipinski definition) is 3. The van der Waals surface area contributed by atoms with Crippen molar-refractivity contribution in [2.75, 3.05) is 38.5 Å². The van der Waals surface area contributed by atoms with E-state index in [4.69, 9.17) is 0 Å². The van der Waals surface area contributed by atoms with Gasteiger partial charge in [0.05, 0.1) is 11.4 Å². The van der Waals surface area contributed by atoms with Crippen LogP contribution in [0.15, 0.2) is 40.8 Å². The minimum Gasteiger partial charge on any atom is -0.351 e. The first-order valence-electron chi connectivity index (χ1n) is 8.28. The lowest BCUT2D eigenvalue weighted by Gasteiger charge is -2.18. The Labute approximate surface area is 153 Å². The number of nitrogens with one attached hydrogen (secondary N) is 3. The van der Waals surface area contributed by atoms with E-state index in [1.807, 2.05) is 6.08 Å². The first-order chi connectivity index (χ1) is 12.3. The van der Waals surface area contributed by atoms with Gasteiger partial charge < -0.3 is 16.0 Å². The Hall–Kier alpha value is -2.23. The van der Waals surface area contributed by atoms with E-state index in [0.717, 1.165) is 29.4 Å². The third-order valence-corrected chi connectivity index (χ3v) is 5.74. The van der Waals surface area contributed by atoms with E-state index in [0.29, 0.717) is 12.2 Å². The third kappa shape index (κ3) is 5.65. The summed E-state index contributed by atoms with van der Waals surface area (Å²) in [5.41, 5.74) is 1.64. The molecule has 1 aromatic carbocycles. The normalized spacial score (nSPS) is 14.7. The highest BCUT2D eigenvalue weighted by atomic mass is 32.2. The SMILES string of the molecule is CC(=O)Nc1ccc(S(=O)(=O)N(C)CC(=O)NCC2=CCNCC2)cc1. The van der Waals surface area contributed by atoms with E-state index >= 15 is 0 Å². The Balaban J connectivity index is 1.93. The third-order valence-electron chi connectivity index (χ3n) is 3.92. The summed E-state index contributed by atoms with van der Waals surface area (Å²) in [6.07, 6.45) is 2.90. The van der Waals surface area contributed by atoms with E-state index in [1.165, 1.54) is 38.2 Å². The lowest BCUT2D eigenvalue weighted by Crippen LogP contribution is -2.39. The lowest BCUT2D eigenvalue weighted by molar-refractivity contribution is -0.121. The molecule has 142 valence electrons. The monoisotopic (exact) mass is 380 g/mol. The average molecular weight is 380 g/mol. The largest absolute Gasteiger partial charge is 0.351 e. The first-order valence-corrected chi connectivity index (χ1v) is 9.72. The number of anilines is 1. The molecule has 1 aliphatic heterocycles. The van der Waals surface area contributed by atoms with Gasteiger partial charge in [-0.3, -0.25) is 9.59 Å². The summed E-state index contributed by atoms with van der Waals surface area (Å²) >= 11 is 0. The maximum atomic E-state index is 12.5. The fourth-order valence-corrected chi connectivity index (χ4v) is 3.61. The molecule has 0 atom stereocenters. The van der Waals surface area contributed by atoms with Crippen molar-refractivity contribution in [1.82, 2.24) is 14.9 Å². The Kier molecular flexibility index (Phi) is 6.90. The zero-order valence-electron chi connectivity index (χ0n) is 14.9. The standard InChI is InChI=1S/C17H24N4O4S/c1-13(22)20-15-3-5-16(6-4-15)26(24,25)21(2)12-17(23)19-11-14-7-9-18-10-8-14/h3-7,18H,8-12H2,1-2H3,(H,19,23)(H,20,22). The maximum Gasteiger partial charge on any atom is 0.243 e. The maximum absolute atomic E-state index is 12.5. The second-order valence-corrected chi connectivity index (χ2v) is 8.10. The van der Waals surface area contributed by atoms with Gasteiger partial charge in [0, 0.05) is 32.7 Å². The van der Waals surface area contributed by atoms with Crippen LogP contribution in [0.1, 0.15) is 13.3 Å². The summed E-state index contributed by atoms with van der Waals surface area (Å²) in [5.74, 6) is -0.594. The molecular formula is C17H24N4O4S. The van der Waals surface area contributed by atoms with Crippen LogP contribution in [0, 0.1) is 0 Å². The van der Waals surface area contributed by atoms with Gasteiger partial charge in [-0.05, 0) is 37.2 Å². The predicted molar refractivity (Wildman–Crippen MR) is 99.1 cm³/mol. The van der Waals surface area contributed by atoms with Crippen molar-refractivity contribution in [2.45, 2.75) is 18.2 Å². The number of carbonyl (C=O) groups excluding carboxylic acids is 2. The molecule has 2 amide bonds. The Morgan fingerprint density at radius 1 is 1.23 bits per heavy atom. The zero-order chi connectivity index (χ0) is 19.2. The van der Waals surface area contributed by atoms with Crippen LogP contribution < -0.4 is 16.0 Å². The van der Waals surface area contributed by atoms with Crippen LogP contribution in [0.25, 0.3) is 0 Å². The molecule has 0 saturated carbocycles. The molecule has 9 heteroatoms. The van der Waals surface area contributed by atoms with Crippen molar-refractivity contribution in [3.63, 3.8) is 0 Å². The molecule has 1 aliphatic rings. The number of amides is 2. The molecular weight excluding hydrogens is 356 g/mol. The van der Waals surface area contributed by atoms with Crippen molar-refractivity contribution >= 4 is 27.5 Å². The van der Waals surface area contributed by atoms with Gasteiger partial charge in [-0.2, -0.15) is 4.31 Å². The molecule has 26 heavy (non-hydrogen) atoms. The fraction of sp³-hybridized carbons (Fsp3) is 0.412. The average Bonchev–Trinajstić information content (AvgIpc) is 2.61. The number of hydrogen-bond acceptors (Lipinski definition) is 5. The van der Waals surface area contributed by atoms with Crippen LogP contribution in [0.3, 0.4) is 0 Å². The van der Waals surface area contributed by atoms with Crippen LogP contribution in [-0.4, -0.2) is 57.8 Å². The number of likely N-dealkylation sites (N-methyl/N-ethyl adjacent to an activating group) is 1. The second-order valence-electron chi connectivity index (χ2n) is 6.06. The fourth-order valence-electron chi connectivity index (χ4n) is 2.48. The van der Waals surface area contributed by atoms with Crippen LogP contribution in [0.4, 0.5) is 5.69 Å². The molecule has 0 aliphatic carbocycles. The van der Waals surface area contributed by atoms with Gasteiger partial charge in [-0.15, -0.1) is 0 Å². The van der Waals surface area contributed by atoms with Gasteiger partial charge in [0.2, 0.25) is 21.8 Å². The quantitative estimate of drug-likeness (QED) is 0.590. The highest BCUT2D eigenvalue weighted by molar-refractivity contribution is 7.89. The van der Waals surface area contributed by atoms with Crippen LogP contribution in [-0.2, 0) is 19.6 Å². The topological polar surface area (TPSA) is 108 Å². The molecule has 0 radical (unpaired) electrons. The number of nitrogens with zero attached hydrogens (tertiary/aromatic N) is 1. The van der Waals surface area contributed by atoms with Crippen LogP contribution in [0.2, 0.25) is 0 Å². The Morgan fingerprint density at radius 3 is 2.50 bits per heavy atom. The number of rotatable bonds is 7. The van der Waals surface area contributed by atoms with Crippen LogP contribution >= 0.6 is 0 Å². The summed E-state index contributed by atoms with van der Waals surface area (Å²) in [5, 5.41) is 8.51. The van der Waals surface area contributed by atoms with E-state index in [1.54, 1.807) is 0 Å². The van der Waals surface area contributed by atoms with Crippen molar-refractivity contribution in [2.24, 2.45) is 0 Å². The molecule has 1 heterocycles. The first kappa shape index (κ1) is 20.1. The van der Waals surface area contributed by atoms with Gasteiger partial charge in [0.25, 0.3) is 0 Å². The molecule has 8 nitrogen and oxygen atoms in total. The van der Waals surface area contributed by atoms with E-state index in [2.05, 4.69) is 16.0 Å². The molecule has 3 N–H and O–H groups in total. The van der Waals surface area contributed by atoms with Gasteiger partial charge >= 0.3 is 0 Å². The van der Waals surface area contributed by atoms with Gasteiger partial charge in [-0.25, -0.2) is 8.42 Å². The molecule has 0 fully saturated rings. The molecule has 0 bridgehead atoms. The number of carbonyl (C=O) groups is 2. The van der Waals surface area contributed by atoms with Crippen LogP contribution in [0.5, 0.6) is 0 Å². The summed E-state index contributed by atoms with van der Waals surface area (Å²) in [6, 6.07) is 5.81. The van der Waals surface area contributed by atoms with E-state index < -0.39 is 10.0 Å². The van der Waals surface area contributed by atoms with Crippen molar-refractivity contribution < 1.29 is 18.0 Å². The summed E-state index contributed by atoms with van der Waals surface area (Å²) < 4.78 is 26.1. The number of sulfonamides is 1. The summed E-state index contributed by atoms with van der Waals surface area (Å²) in [7, 11) is -2.43. The second kappa shape index (κ2) is 8.93. The molecule has 0 saturated heterocycles. The summed E-state index contributed by atoms with van der Waals surface area (Å²) in [4.78, 5) is 23.1. The lowest BCUT2D eigenvalue weighted by atomic mass is 10.1. The van der Waals surface area contributed by atoms with Crippen molar-refractivity contribution in [3.05, 3.63) is 35.9 Å². The minimum absolute atomic E-state index is 0.0583. The molecule has 0 spiro atoms. The summed E-state index contributed by atoms with van der Waals surface area (Å²) in [6.45, 7) is 3.20. The van der Waals surface area contributed by atoms with E-state index in [9.17, 15) is 18.0 Å². The molecule has 0 aromatic heterocycles. The smallest absolute Gasteiger partial charge is 0.243 e. The Morgan fingerprint density at radius 2 is 1.92 bits per heavy atom. The van der Waals surface area contributed by atoms with Gasteiger partial charge in [-0.1, -0.05) is 11.6 Å².